The monoisotopic (exact) mass is 185 g/mol. The molecule has 12 heavy (non-hydrogen) atoms. The zero-order valence-corrected chi connectivity index (χ0v) is 7.80. The van der Waals surface area contributed by atoms with Gasteiger partial charge in [0.2, 0.25) is 0 Å². The van der Waals surface area contributed by atoms with Gasteiger partial charge in [0.15, 0.2) is 0 Å². The van der Waals surface area contributed by atoms with E-state index in [1.807, 2.05) is 13.0 Å². The molecule has 0 aliphatic carbocycles. The quantitative estimate of drug-likeness (QED) is 0.731. The van der Waals surface area contributed by atoms with Crippen LogP contribution in [-0.2, 0) is 6.42 Å². The van der Waals surface area contributed by atoms with E-state index in [2.05, 4.69) is 4.98 Å². The number of hydrogen-bond acceptors (Lipinski definition) is 2. The van der Waals surface area contributed by atoms with Crippen LogP contribution in [0.4, 0.5) is 0 Å². The number of pyridine rings is 1. The number of halogens is 1. The maximum Gasteiger partial charge on any atom is 0.131 e. The number of aliphatic hydroxyl groups excluding tert-OH is 1. The summed E-state index contributed by atoms with van der Waals surface area (Å²) in [6, 6.07) is 2.00. The van der Waals surface area contributed by atoms with E-state index in [9.17, 15) is 0 Å². The molecular weight excluding hydrogens is 174 g/mol. The summed E-state index contributed by atoms with van der Waals surface area (Å²) in [7, 11) is 0. The van der Waals surface area contributed by atoms with E-state index in [4.69, 9.17) is 16.7 Å². The van der Waals surface area contributed by atoms with Crippen molar-refractivity contribution in [2.45, 2.75) is 19.8 Å². The van der Waals surface area contributed by atoms with Gasteiger partial charge in [0.05, 0.1) is 0 Å². The Balaban J connectivity index is 2.69. The highest BCUT2D eigenvalue weighted by Crippen LogP contribution is 2.13. The number of hydrogen-bond donors (Lipinski definition) is 1. The third kappa shape index (κ3) is 2.47. The minimum Gasteiger partial charge on any atom is -0.396 e. The smallest absolute Gasteiger partial charge is 0.131 e. The van der Waals surface area contributed by atoms with Crippen molar-refractivity contribution in [1.29, 1.82) is 0 Å². The Morgan fingerprint density at radius 1 is 1.58 bits per heavy atom. The third-order valence-corrected chi connectivity index (χ3v) is 2.09. The van der Waals surface area contributed by atoms with E-state index in [-0.39, 0.29) is 6.61 Å². The van der Waals surface area contributed by atoms with Crippen LogP contribution in [0.3, 0.4) is 0 Å². The first kappa shape index (κ1) is 9.49. The molecule has 0 unspecified atom stereocenters. The van der Waals surface area contributed by atoms with E-state index in [1.165, 1.54) is 0 Å². The van der Waals surface area contributed by atoms with Gasteiger partial charge < -0.3 is 5.11 Å². The van der Waals surface area contributed by atoms with Crippen LogP contribution >= 0.6 is 11.6 Å². The van der Waals surface area contributed by atoms with Crippen LogP contribution in [0.2, 0.25) is 5.15 Å². The third-order valence-electron chi connectivity index (χ3n) is 1.69. The summed E-state index contributed by atoms with van der Waals surface area (Å²) in [5.41, 5.74) is 2.12. The van der Waals surface area contributed by atoms with Gasteiger partial charge in [-0.15, -0.1) is 0 Å². The Bertz CT molecular complexity index is 263. The summed E-state index contributed by atoms with van der Waals surface area (Å²) in [4.78, 5) is 4.02. The van der Waals surface area contributed by atoms with E-state index in [0.29, 0.717) is 5.15 Å². The average molecular weight is 186 g/mol. The molecule has 0 aliphatic heterocycles. The minimum absolute atomic E-state index is 0.224. The Morgan fingerprint density at radius 2 is 2.33 bits per heavy atom. The molecule has 0 fully saturated rings. The number of aromatic nitrogens is 1. The van der Waals surface area contributed by atoms with Crippen molar-refractivity contribution in [1.82, 2.24) is 4.98 Å². The highest BCUT2D eigenvalue weighted by Gasteiger charge is 1.98. The van der Waals surface area contributed by atoms with Gasteiger partial charge in [0.1, 0.15) is 5.15 Å². The second-order valence-corrected chi connectivity index (χ2v) is 3.14. The summed E-state index contributed by atoms with van der Waals surface area (Å²) in [6.07, 6.45) is 3.40. The molecule has 3 heteroatoms. The molecule has 1 heterocycles. The van der Waals surface area contributed by atoms with Gasteiger partial charge in [0, 0.05) is 12.8 Å². The zero-order chi connectivity index (χ0) is 8.97. The van der Waals surface area contributed by atoms with Gasteiger partial charge in [-0.2, -0.15) is 0 Å². The van der Waals surface area contributed by atoms with Gasteiger partial charge in [-0.3, -0.25) is 0 Å². The fourth-order valence-corrected chi connectivity index (χ4v) is 1.14. The standard InChI is InChI=1S/C9H12ClNO/c1-7-5-8(3-2-4-12)6-11-9(7)10/h5-6,12H,2-4H2,1H3. The van der Waals surface area contributed by atoms with Crippen LogP contribution in [-0.4, -0.2) is 16.7 Å². The van der Waals surface area contributed by atoms with Gasteiger partial charge in [0.25, 0.3) is 0 Å². The molecular formula is C9H12ClNO. The van der Waals surface area contributed by atoms with Crippen LogP contribution in [0.5, 0.6) is 0 Å². The number of aliphatic hydroxyl groups is 1. The Hall–Kier alpha value is -0.600. The highest BCUT2D eigenvalue weighted by molar-refractivity contribution is 6.30. The molecule has 0 aromatic carbocycles. The zero-order valence-electron chi connectivity index (χ0n) is 7.05. The van der Waals surface area contributed by atoms with Crippen molar-refractivity contribution < 1.29 is 5.11 Å². The summed E-state index contributed by atoms with van der Waals surface area (Å²) in [5, 5.41) is 9.16. The van der Waals surface area contributed by atoms with Crippen LogP contribution < -0.4 is 0 Å². The van der Waals surface area contributed by atoms with Crippen molar-refractivity contribution >= 4 is 11.6 Å². The maximum atomic E-state index is 8.60. The normalized spacial score (nSPS) is 10.2. The summed E-state index contributed by atoms with van der Waals surface area (Å²) in [6.45, 7) is 2.15. The molecule has 0 spiro atoms. The molecule has 0 aliphatic rings. The largest absolute Gasteiger partial charge is 0.396 e. The molecule has 0 atom stereocenters. The second-order valence-electron chi connectivity index (χ2n) is 2.78. The molecule has 0 amide bonds. The van der Waals surface area contributed by atoms with Crippen molar-refractivity contribution in [3.63, 3.8) is 0 Å². The predicted octanol–water partition coefficient (Wildman–Crippen LogP) is 1.97. The van der Waals surface area contributed by atoms with Crippen molar-refractivity contribution in [2.75, 3.05) is 6.61 Å². The van der Waals surface area contributed by atoms with Crippen molar-refractivity contribution in [3.8, 4) is 0 Å². The Labute approximate surface area is 77.2 Å². The first-order valence-electron chi connectivity index (χ1n) is 3.96. The van der Waals surface area contributed by atoms with Crippen LogP contribution in [0.1, 0.15) is 17.5 Å². The predicted molar refractivity (Wildman–Crippen MR) is 49.4 cm³/mol. The van der Waals surface area contributed by atoms with Crippen molar-refractivity contribution in [2.24, 2.45) is 0 Å². The number of rotatable bonds is 3. The van der Waals surface area contributed by atoms with Crippen LogP contribution in [0.15, 0.2) is 12.3 Å². The van der Waals surface area contributed by atoms with Crippen molar-refractivity contribution in [3.05, 3.63) is 28.5 Å². The molecule has 1 N–H and O–H groups in total. The molecule has 0 saturated heterocycles. The summed E-state index contributed by atoms with van der Waals surface area (Å²) in [5.74, 6) is 0. The first-order valence-corrected chi connectivity index (χ1v) is 4.33. The molecule has 2 nitrogen and oxygen atoms in total. The SMILES string of the molecule is Cc1cc(CCCO)cnc1Cl. The van der Waals surface area contributed by atoms with E-state index < -0.39 is 0 Å². The van der Waals surface area contributed by atoms with Gasteiger partial charge in [-0.05, 0) is 30.9 Å². The van der Waals surface area contributed by atoms with E-state index in [1.54, 1.807) is 6.20 Å². The topological polar surface area (TPSA) is 33.1 Å². The summed E-state index contributed by atoms with van der Waals surface area (Å²) < 4.78 is 0. The van der Waals surface area contributed by atoms with Gasteiger partial charge >= 0.3 is 0 Å². The second kappa shape index (κ2) is 4.43. The molecule has 0 radical (unpaired) electrons. The highest BCUT2D eigenvalue weighted by atomic mass is 35.5. The maximum absolute atomic E-state index is 8.60. The lowest BCUT2D eigenvalue weighted by Crippen LogP contribution is -1.92. The van der Waals surface area contributed by atoms with Gasteiger partial charge in [-0.25, -0.2) is 4.98 Å². The molecule has 0 saturated carbocycles. The summed E-state index contributed by atoms with van der Waals surface area (Å²) >= 11 is 5.75. The lowest BCUT2D eigenvalue weighted by Gasteiger charge is -2.01. The van der Waals surface area contributed by atoms with E-state index >= 15 is 0 Å². The Morgan fingerprint density at radius 3 is 2.92 bits per heavy atom. The lowest BCUT2D eigenvalue weighted by atomic mass is 10.1. The van der Waals surface area contributed by atoms with Crippen LogP contribution in [0.25, 0.3) is 0 Å². The molecule has 1 aromatic heterocycles. The molecule has 1 rings (SSSR count). The first-order chi connectivity index (χ1) is 5.74. The molecule has 66 valence electrons. The molecule has 1 aromatic rings. The van der Waals surface area contributed by atoms with Crippen LogP contribution in [0, 0.1) is 6.92 Å². The number of nitrogens with zero attached hydrogens (tertiary/aromatic N) is 1. The lowest BCUT2D eigenvalue weighted by molar-refractivity contribution is 0.288. The Kier molecular flexibility index (Phi) is 3.50. The van der Waals surface area contributed by atoms with Gasteiger partial charge in [-0.1, -0.05) is 17.7 Å². The molecule has 0 bridgehead atoms. The minimum atomic E-state index is 0.224. The fourth-order valence-electron chi connectivity index (χ4n) is 1.04. The number of aryl methyl sites for hydroxylation is 2. The average Bonchev–Trinajstić information content (AvgIpc) is 2.07. The fraction of sp³-hybridized carbons (Fsp3) is 0.444. The van der Waals surface area contributed by atoms with E-state index in [0.717, 1.165) is 24.0 Å².